The molecule has 0 bridgehead atoms. The van der Waals surface area contributed by atoms with E-state index in [4.69, 9.17) is 0 Å². The molecule has 0 aromatic rings. The zero-order valence-corrected chi connectivity index (χ0v) is 18.1. The standard InChI is InChI=1S/C5H5.C2H2.C.2Bi.2ClH.Zr.H/c1-2-4-5-3-1;1-2;;;;;;;/h1-3H,4H2;1-2H;;;;2*1H;;/q;;;;;;;+2;/p-2. The first kappa shape index (κ1) is 15.3. The second-order valence-electron chi connectivity index (χ2n) is 2.39. The van der Waals surface area contributed by atoms with Crippen molar-refractivity contribution >= 4 is 44.6 Å². The van der Waals surface area contributed by atoms with Crippen molar-refractivity contribution in [1.82, 2.24) is 0 Å². The van der Waals surface area contributed by atoms with E-state index in [0.717, 1.165) is 0 Å². The van der Waals surface area contributed by atoms with Gasteiger partial charge in [0.25, 0.3) is 0 Å². The minimum atomic E-state index is -0.205. The molecule has 1 aliphatic heterocycles. The first-order valence-corrected chi connectivity index (χ1v) is 14.0. The fraction of sp³-hybridized carbons (Fsp3) is 0.125. The Labute approximate surface area is 126 Å². The minimum absolute atomic E-state index is 0. The molecule has 2 aliphatic rings. The fourth-order valence-corrected chi connectivity index (χ4v) is 31.4. The third kappa shape index (κ3) is 5.26. The zero-order valence-electron chi connectivity index (χ0n) is 6.80. The Morgan fingerprint density at radius 2 is 2.23 bits per heavy atom. The second-order valence-corrected chi connectivity index (χ2v) is 29.7. The summed E-state index contributed by atoms with van der Waals surface area (Å²) in [6.07, 6.45) is 8.28. The second kappa shape index (κ2) is 8.47. The third-order valence-corrected chi connectivity index (χ3v) is 32.9. The Bertz CT molecular complexity index is 254. The maximum absolute atomic E-state index is 2.59. The van der Waals surface area contributed by atoms with Crippen LogP contribution < -0.4 is 24.8 Å². The summed E-state index contributed by atoms with van der Waals surface area (Å²) in [5.41, 5.74) is 0. The van der Waals surface area contributed by atoms with E-state index in [1.165, 1.54) is 6.42 Å². The van der Waals surface area contributed by atoms with Gasteiger partial charge in [-0.05, 0) is 0 Å². The molecule has 5 heteroatoms. The molecule has 0 saturated heterocycles. The van der Waals surface area contributed by atoms with E-state index in [1.54, 1.807) is 0 Å². The van der Waals surface area contributed by atoms with E-state index in [2.05, 4.69) is 24.4 Å². The predicted molar refractivity (Wildman–Crippen MR) is 48.9 cm³/mol. The van der Waals surface area contributed by atoms with Crippen molar-refractivity contribution in [2.24, 2.45) is 0 Å². The van der Waals surface area contributed by atoms with Crippen LogP contribution in [0.25, 0.3) is 0 Å². The van der Waals surface area contributed by atoms with Crippen LogP contribution in [0.1, 0.15) is 6.42 Å². The molecule has 0 atom stereocenters. The number of hydrogen-bond acceptors (Lipinski definition) is 0. The molecule has 0 fully saturated rings. The van der Waals surface area contributed by atoms with E-state index in [9.17, 15) is 0 Å². The largest absolute Gasteiger partial charge is 1.00 e. The molecule has 2 rings (SSSR count). The average molecular weight is 684 g/mol. The van der Waals surface area contributed by atoms with E-state index in [1.807, 2.05) is 3.28 Å². The maximum atomic E-state index is 2.59. The Balaban J connectivity index is 0.000000720. The Morgan fingerprint density at radius 3 is 2.77 bits per heavy atom. The fourth-order valence-electron chi connectivity index (χ4n) is 1.03. The predicted octanol–water partition coefficient (Wildman–Crippen LogP) is -5.37. The SMILES string of the molecule is C1=CC[C]([Zr+2][C]2=[Bi][CH]=[CH][BiH]2)=C1.[Cl-].[Cl-]. The monoisotopic (exact) mass is 682 g/mol. The normalized spacial score (nSPS) is 16.9. The summed E-state index contributed by atoms with van der Waals surface area (Å²) in [6, 6.07) is 0. The van der Waals surface area contributed by atoms with Gasteiger partial charge in [0.1, 0.15) is 0 Å². The molecule has 68 valence electrons. The maximum Gasteiger partial charge on any atom is -1.00 e. The van der Waals surface area contributed by atoms with Crippen LogP contribution in [0.2, 0.25) is 0 Å². The molecule has 0 aromatic heterocycles. The van der Waals surface area contributed by atoms with Gasteiger partial charge >= 0.3 is 103 Å². The van der Waals surface area contributed by atoms with Crippen molar-refractivity contribution in [3.63, 3.8) is 0 Å². The topological polar surface area (TPSA) is 0 Å². The molecule has 0 radical (unpaired) electrons. The molecule has 0 saturated carbocycles. The summed E-state index contributed by atoms with van der Waals surface area (Å²) in [4.78, 5) is 0. The third-order valence-electron chi connectivity index (χ3n) is 1.55. The van der Waals surface area contributed by atoms with Crippen LogP contribution in [0.15, 0.2) is 29.1 Å². The van der Waals surface area contributed by atoms with E-state index < -0.39 is 0 Å². The van der Waals surface area contributed by atoms with E-state index in [0.29, 0.717) is 0 Å². The molecule has 0 N–H and O–H groups in total. The van der Waals surface area contributed by atoms with Crippen LogP contribution in [0.3, 0.4) is 0 Å². The number of hydrogen-bond donors (Lipinski definition) is 0. The van der Waals surface area contributed by atoms with Gasteiger partial charge in [-0.3, -0.25) is 0 Å². The van der Waals surface area contributed by atoms with Gasteiger partial charge in [-0.2, -0.15) is 0 Å². The summed E-state index contributed by atoms with van der Waals surface area (Å²) in [5, 5.41) is 0. The van der Waals surface area contributed by atoms with Crippen LogP contribution in [-0.4, -0.2) is 44.6 Å². The summed E-state index contributed by atoms with van der Waals surface area (Å²) in [5.74, 6) is 0. The molecular weight excluding hydrogens is 676 g/mol. The van der Waals surface area contributed by atoms with Gasteiger partial charge in [-0.25, -0.2) is 0 Å². The summed E-state index contributed by atoms with van der Waals surface area (Å²) >= 11 is -0.380. The van der Waals surface area contributed by atoms with Crippen LogP contribution in [-0.2, 0) is 23.2 Å². The molecule has 1 heterocycles. The average Bonchev–Trinajstić information content (AvgIpc) is 2.60. The zero-order chi connectivity index (χ0) is 7.52. The van der Waals surface area contributed by atoms with Crippen molar-refractivity contribution in [2.45, 2.75) is 6.42 Å². The van der Waals surface area contributed by atoms with Crippen LogP contribution >= 0.6 is 0 Å². The first-order chi connectivity index (χ1) is 5.45. The molecule has 13 heavy (non-hydrogen) atoms. The Hall–Kier alpha value is 2.32. The molecule has 0 unspecified atom stereocenters. The van der Waals surface area contributed by atoms with Crippen molar-refractivity contribution in [2.75, 3.05) is 0 Å². The van der Waals surface area contributed by atoms with Crippen molar-refractivity contribution < 1.29 is 48.0 Å². The molecule has 1 aliphatic carbocycles. The number of allylic oxidation sites excluding steroid dienone is 4. The molecule has 0 nitrogen and oxygen atoms in total. The minimum Gasteiger partial charge on any atom is -1.00 e. The van der Waals surface area contributed by atoms with Gasteiger partial charge in [0.15, 0.2) is 0 Å². The van der Waals surface area contributed by atoms with Gasteiger partial charge in [-0.1, -0.05) is 0 Å². The quantitative estimate of drug-likeness (QED) is 0.256. The molecule has 0 aromatic carbocycles. The first-order valence-electron chi connectivity index (χ1n) is 3.57. The summed E-state index contributed by atoms with van der Waals surface area (Å²) in [7, 11) is 0. The Kier molecular flexibility index (Phi) is 9.98. The van der Waals surface area contributed by atoms with Crippen LogP contribution in [0.5, 0.6) is 0 Å². The number of halogens is 2. The Morgan fingerprint density at radius 1 is 1.38 bits per heavy atom. The van der Waals surface area contributed by atoms with Gasteiger partial charge < -0.3 is 24.8 Å². The molecule has 0 spiro atoms. The van der Waals surface area contributed by atoms with E-state index in [-0.39, 0.29) is 94.0 Å². The van der Waals surface area contributed by atoms with Gasteiger partial charge in [-0.15, -0.1) is 0 Å². The van der Waals surface area contributed by atoms with Gasteiger partial charge in [0.05, 0.1) is 0 Å². The van der Waals surface area contributed by atoms with Gasteiger partial charge in [0.2, 0.25) is 0 Å². The van der Waals surface area contributed by atoms with Crippen molar-refractivity contribution in [1.29, 1.82) is 0 Å². The van der Waals surface area contributed by atoms with E-state index >= 15 is 0 Å². The summed E-state index contributed by atoms with van der Waals surface area (Å²) in [6.45, 7) is 0. The van der Waals surface area contributed by atoms with Crippen molar-refractivity contribution in [3.05, 3.63) is 29.1 Å². The molecule has 0 amide bonds. The van der Waals surface area contributed by atoms with Gasteiger partial charge in [0, 0.05) is 0 Å². The van der Waals surface area contributed by atoms with Crippen LogP contribution in [0, 0.1) is 0 Å². The smallest absolute Gasteiger partial charge is 1.00 e. The number of rotatable bonds is 2. The summed E-state index contributed by atoms with van der Waals surface area (Å²) < 4.78 is 9.25. The van der Waals surface area contributed by atoms with Crippen molar-refractivity contribution in [3.8, 4) is 0 Å². The van der Waals surface area contributed by atoms with Crippen LogP contribution in [0.4, 0.5) is 0 Å². The molecular formula is C8H8Bi2Cl2Zr.